The van der Waals surface area contributed by atoms with Crippen LogP contribution in [0.15, 0.2) is 38.2 Å². The number of furan rings is 1. The molecule has 2 heterocycles. The van der Waals surface area contributed by atoms with Gasteiger partial charge in [0.25, 0.3) is 0 Å². The molecule has 0 fully saturated rings. The molecule has 2 aromatic heterocycles. The van der Waals surface area contributed by atoms with Crippen molar-refractivity contribution in [2.24, 2.45) is 4.99 Å². The van der Waals surface area contributed by atoms with Crippen molar-refractivity contribution in [2.75, 3.05) is 7.05 Å². The smallest absolute Gasteiger partial charge is 0.191 e. The van der Waals surface area contributed by atoms with Crippen molar-refractivity contribution < 1.29 is 13.3 Å². The first-order valence-corrected chi connectivity index (χ1v) is 8.55. The second-order valence-electron chi connectivity index (χ2n) is 6.44. The normalized spacial score (nSPS) is 11.7. The number of aliphatic imine (C=N–C) groups is 1. The SMILES string of the molecule is CN=C(NCc1cc(C(C)C)no1)NCc1oc2ccc(F)cc2c1C.I. The second-order valence-corrected chi connectivity index (χ2v) is 6.44. The van der Waals surface area contributed by atoms with Crippen LogP contribution in [0.2, 0.25) is 0 Å². The Morgan fingerprint density at radius 3 is 2.63 bits per heavy atom. The average Bonchev–Trinajstić information content (AvgIpc) is 3.21. The van der Waals surface area contributed by atoms with Crippen LogP contribution in [-0.4, -0.2) is 18.2 Å². The van der Waals surface area contributed by atoms with Gasteiger partial charge in [-0.2, -0.15) is 0 Å². The highest BCUT2D eigenvalue weighted by molar-refractivity contribution is 14.0. The van der Waals surface area contributed by atoms with Gasteiger partial charge in [0, 0.05) is 24.1 Å². The topological polar surface area (TPSA) is 75.6 Å². The van der Waals surface area contributed by atoms with Crippen LogP contribution in [0.4, 0.5) is 4.39 Å². The number of rotatable bonds is 5. The number of benzene rings is 1. The molecule has 3 aromatic rings. The number of fused-ring (bicyclic) bond motifs is 1. The predicted octanol–water partition coefficient (Wildman–Crippen LogP) is 4.47. The molecule has 0 unspecified atom stereocenters. The fourth-order valence-corrected chi connectivity index (χ4v) is 2.65. The van der Waals surface area contributed by atoms with E-state index in [-0.39, 0.29) is 29.8 Å². The minimum absolute atomic E-state index is 0. The van der Waals surface area contributed by atoms with E-state index in [4.69, 9.17) is 8.94 Å². The molecule has 27 heavy (non-hydrogen) atoms. The zero-order valence-corrected chi connectivity index (χ0v) is 18.1. The van der Waals surface area contributed by atoms with E-state index in [1.165, 1.54) is 12.1 Å². The minimum atomic E-state index is -0.272. The molecule has 0 spiro atoms. The summed E-state index contributed by atoms with van der Waals surface area (Å²) < 4.78 is 24.5. The van der Waals surface area contributed by atoms with E-state index in [1.54, 1.807) is 13.1 Å². The van der Waals surface area contributed by atoms with Gasteiger partial charge in [0.15, 0.2) is 11.7 Å². The van der Waals surface area contributed by atoms with Crippen LogP contribution in [0.1, 0.15) is 42.5 Å². The van der Waals surface area contributed by atoms with Gasteiger partial charge in [-0.25, -0.2) is 4.39 Å². The Kier molecular flexibility index (Phi) is 7.23. The Hall–Kier alpha value is -2.10. The second kappa shape index (κ2) is 9.20. The summed E-state index contributed by atoms with van der Waals surface area (Å²) in [6.07, 6.45) is 0. The van der Waals surface area contributed by atoms with Crippen molar-refractivity contribution in [3.63, 3.8) is 0 Å². The zero-order chi connectivity index (χ0) is 18.7. The lowest BCUT2D eigenvalue weighted by atomic mass is 10.1. The Morgan fingerprint density at radius 2 is 1.96 bits per heavy atom. The third-order valence-electron chi connectivity index (χ3n) is 4.24. The summed E-state index contributed by atoms with van der Waals surface area (Å²) >= 11 is 0. The Balaban J connectivity index is 0.00000261. The fourth-order valence-electron chi connectivity index (χ4n) is 2.65. The van der Waals surface area contributed by atoms with Gasteiger partial charge in [0.2, 0.25) is 0 Å². The average molecular weight is 486 g/mol. The number of aromatic nitrogens is 1. The zero-order valence-electron chi connectivity index (χ0n) is 15.8. The molecule has 0 saturated carbocycles. The first-order valence-electron chi connectivity index (χ1n) is 8.55. The van der Waals surface area contributed by atoms with Gasteiger partial charge in [-0.3, -0.25) is 4.99 Å². The quantitative estimate of drug-likeness (QED) is 0.316. The lowest BCUT2D eigenvalue weighted by Gasteiger charge is -2.09. The van der Waals surface area contributed by atoms with Gasteiger partial charge in [0.1, 0.15) is 17.2 Å². The van der Waals surface area contributed by atoms with Crippen molar-refractivity contribution in [1.29, 1.82) is 0 Å². The molecule has 0 saturated heterocycles. The summed E-state index contributed by atoms with van der Waals surface area (Å²) in [5, 5.41) is 11.2. The van der Waals surface area contributed by atoms with Crippen LogP contribution < -0.4 is 10.6 Å². The maximum atomic E-state index is 13.4. The number of hydrogen-bond donors (Lipinski definition) is 2. The number of halogens is 2. The lowest BCUT2D eigenvalue weighted by molar-refractivity contribution is 0.372. The highest BCUT2D eigenvalue weighted by Gasteiger charge is 2.12. The number of hydrogen-bond acceptors (Lipinski definition) is 4. The fraction of sp³-hybridized carbons (Fsp3) is 0.368. The summed E-state index contributed by atoms with van der Waals surface area (Å²) in [6, 6.07) is 6.46. The summed E-state index contributed by atoms with van der Waals surface area (Å²) in [5.74, 6) is 2.15. The summed E-state index contributed by atoms with van der Waals surface area (Å²) in [6.45, 7) is 6.97. The van der Waals surface area contributed by atoms with Crippen molar-refractivity contribution in [2.45, 2.75) is 39.8 Å². The molecule has 0 amide bonds. The van der Waals surface area contributed by atoms with Gasteiger partial charge in [0.05, 0.1) is 18.8 Å². The van der Waals surface area contributed by atoms with Crippen molar-refractivity contribution in [1.82, 2.24) is 15.8 Å². The van der Waals surface area contributed by atoms with Gasteiger partial charge in [-0.1, -0.05) is 19.0 Å². The van der Waals surface area contributed by atoms with Crippen LogP contribution in [0.5, 0.6) is 0 Å². The maximum absolute atomic E-state index is 13.4. The van der Waals surface area contributed by atoms with E-state index in [2.05, 4.69) is 34.6 Å². The highest BCUT2D eigenvalue weighted by atomic mass is 127. The van der Waals surface area contributed by atoms with Gasteiger partial charge >= 0.3 is 0 Å². The molecule has 0 bridgehead atoms. The Labute approximate surface area is 174 Å². The molecule has 2 N–H and O–H groups in total. The molecule has 0 aliphatic heterocycles. The Morgan fingerprint density at radius 1 is 1.22 bits per heavy atom. The number of guanidine groups is 1. The molecule has 6 nitrogen and oxygen atoms in total. The minimum Gasteiger partial charge on any atom is -0.459 e. The van der Waals surface area contributed by atoms with E-state index in [0.29, 0.717) is 30.5 Å². The molecular formula is C19H24FIN4O2. The molecule has 146 valence electrons. The molecule has 0 atom stereocenters. The predicted molar refractivity (Wildman–Crippen MR) is 114 cm³/mol. The van der Waals surface area contributed by atoms with Crippen molar-refractivity contribution >= 4 is 40.9 Å². The third kappa shape index (κ3) is 5.00. The first kappa shape index (κ1) is 21.2. The number of nitrogens with zero attached hydrogens (tertiary/aromatic N) is 2. The number of aryl methyl sites for hydroxylation is 1. The largest absolute Gasteiger partial charge is 0.459 e. The monoisotopic (exact) mass is 486 g/mol. The van der Waals surface area contributed by atoms with Crippen LogP contribution >= 0.6 is 24.0 Å². The van der Waals surface area contributed by atoms with Gasteiger partial charge in [-0.15, -0.1) is 24.0 Å². The van der Waals surface area contributed by atoms with Crippen LogP contribution in [-0.2, 0) is 13.1 Å². The molecule has 0 aliphatic carbocycles. The Bertz CT molecular complexity index is 933. The summed E-state index contributed by atoms with van der Waals surface area (Å²) in [5.41, 5.74) is 2.51. The van der Waals surface area contributed by atoms with E-state index < -0.39 is 0 Å². The molecule has 8 heteroatoms. The van der Waals surface area contributed by atoms with Crippen LogP contribution in [0, 0.1) is 12.7 Å². The van der Waals surface area contributed by atoms with E-state index in [9.17, 15) is 4.39 Å². The molecular weight excluding hydrogens is 462 g/mol. The standard InChI is InChI=1S/C19H23FN4O2.HI/c1-11(2)16-8-14(26-24-16)9-22-19(21-4)23-10-18-12(3)15-7-13(20)5-6-17(15)25-18;/h5-8,11H,9-10H2,1-4H3,(H2,21,22,23);1H. The van der Waals surface area contributed by atoms with Crippen molar-refractivity contribution in [3.05, 3.63) is 52.9 Å². The van der Waals surface area contributed by atoms with Crippen LogP contribution in [0.25, 0.3) is 11.0 Å². The molecule has 0 radical (unpaired) electrons. The van der Waals surface area contributed by atoms with E-state index in [1.807, 2.05) is 13.0 Å². The summed E-state index contributed by atoms with van der Waals surface area (Å²) in [7, 11) is 1.69. The lowest BCUT2D eigenvalue weighted by Crippen LogP contribution is -2.36. The number of nitrogens with one attached hydrogen (secondary N) is 2. The summed E-state index contributed by atoms with van der Waals surface area (Å²) in [4.78, 5) is 4.19. The molecule has 0 aliphatic rings. The van der Waals surface area contributed by atoms with Crippen molar-refractivity contribution in [3.8, 4) is 0 Å². The third-order valence-corrected chi connectivity index (χ3v) is 4.24. The highest BCUT2D eigenvalue weighted by Crippen LogP contribution is 2.25. The van der Waals surface area contributed by atoms with Crippen LogP contribution in [0.3, 0.4) is 0 Å². The van der Waals surface area contributed by atoms with E-state index in [0.717, 1.165) is 28.2 Å². The first-order chi connectivity index (χ1) is 12.5. The van der Waals surface area contributed by atoms with Gasteiger partial charge in [-0.05, 0) is 31.0 Å². The van der Waals surface area contributed by atoms with E-state index >= 15 is 0 Å². The molecule has 1 aromatic carbocycles. The van der Waals surface area contributed by atoms with Gasteiger partial charge < -0.3 is 19.6 Å². The maximum Gasteiger partial charge on any atom is 0.191 e. The molecule has 3 rings (SSSR count).